The van der Waals surface area contributed by atoms with E-state index in [4.69, 9.17) is 17.3 Å². The summed E-state index contributed by atoms with van der Waals surface area (Å²) < 4.78 is 0. The third kappa shape index (κ3) is 6.45. The second kappa shape index (κ2) is 11.8. The molecule has 3 aromatic rings. The Labute approximate surface area is 225 Å². The van der Waals surface area contributed by atoms with Gasteiger partial charge in [-0.3, -0.25) is 4.79 Å². The molecule has 1 aliphatic heterocycles. The van der Waals surface area contributed by atoms with Crippen LogP contribution < -0.4 is 16.0 Å². The molecule has 1 fully saturated rings. The number of nitrogens with two attached hydrogens (primary N) is 1. The fourth-order valence-electron chi connectivity index (χ4n) is 3.42. The number of aromatic nitrogens is 3. The summed E-state index contributed by atoms with van der Waals surface area (Å²) in [5.74, 6) is 2.12. The van der Waals surface area contributed by atoms with E-state index in [0.717, 1.165) is 36.5 Å². The van der Waals surface area contributed by atoms with Crippen molar-refractivity contribution in [2.75, 3.05) is 23.3 Å². The van der Waals surface area contributed by atoms with E-state index in [0.29, 0.717) is 26.7 Å². The molecule has 0 spiro atoms. The summed E-state index contributed by atoms with van der Waals surface area (Å²) >= 11 is 7.53. The number of hydrogen-bond donors (Lipinski definition) is 2. The van der Waals surface area contributed by atoms with Gasteiger partial charge in [0.05, 0.1) is 11.1 Å². The van der Waals surface area contributed by atoms with Gasteiger partial charge in [0.25, 0.3) is 0 Å². The molecule has 0 bridgehead atoms. The second-order valence-electron chi connectivity index (χ2n) is 7.37. The van der Waals surface area contributed by atoms with E-state index in [1.807, 2.05) is 26.0 Å². The van der Waals surface area contributed by atoms with Crippen molar-refractivity contribution in [2.45, 2.75) is 32.7 Å². The van der Waals surface area contributed by atoms with Crippen molar-refractivity contribution < 1.29 is 46.9 Å². The van der Waals surface area contributed by atoms with Crippen LogP contribution in [0.2, 0.25) is 5.02 Å². The molecule has 1 aromatic carbocycles. The quantitative estimate of drug-likeness (QED) is 0.290. The number of carbonyl (C=O) groups excluding carboxylic acids is 1. The van der Waals surface area contributed by atoms with Gasteiger partial charge in [-0.05, 0) is 13.3 Å². The van der Waals surface area contributed by atoms with Crippen LogP contribution in [-0.2, 0) is 48.6 Å². The van der Waals surface area contributed by atoms with Gasteiger partial charge >= 0.3 is 0 Å². The number of halogens is 1. The average molecular weight is 810 g/mol. The number of rotatable bonds is 6. The third-order valence-electron chi connectivity index (χ3n) is 5.00. The third-order valence-corrected chi connectivity index (χ3v) is 6.29. The molecule has 1 aliphatic rings. The van der Waals surface area contributed by atoms with Crippen LogP contribution in [-0.4, -0.2) is 39.9 Å². The van der Waals surface area contributed by atoms with E-state index in [9.17, 15) is 4.79 Å². The Hall–Kier alpha value is -1.17. The molecule has 7 nitrogen and oxygen atoms in total. The van der Waals surface area contributed by atoms with Crippen molar-refractivity contribution in [2.24, 2.45) is 5.73 Å². The standard InChI is InChI=1S/C21H22ClN6OS.2W/c1-12-4-3-5-16(22)15(12)8-17(29)18-10-24-21(30-18)27-19-9-20(26-13(2)25-19)28-7-6-14(23)11-28;;/h4-5,9-10,14H,6-8,11,23H2,1-2H3,(H,24,25,26,27);;/q-1;;. The Bertz CT molecular complexity index is 1080. The summed E-state index contributed by atoms with van der Waals surface area (Å²) in [4.78, 5) is 28.8. The van der Waals surface area contributed by atoms with Crippen LogP contribution in [0.1, 0.15) is 33.0 Å². The summed E-state index contributed by atoms with van der Waals surface area (Å²) in [6.07, 6.45) is 2.77. The summed E-state index contributed by atoms with van der Waals surface area (Å²) in [5.41, 5.74) is 7.79. The molecular weight excluding hydrogens is 787 g/mol. The minimum absolute atomic E-state index is 0. The van der Waals surface area contributed by atoms with Gasteiger partial charge in [0.15, 0.2) is 10.9 Å². The van der Waals surface area contributed by atoms with E-state index in [1.165, 1.54) is 11.3 Å². The van der Waals surface area contributed by atoms with Gasteiger partial charge in [-0.1, -0.05) is 23.3 Å². The average Bonchev–Trinajstić information content (AvgIpc) is 3.33. The molecule has 2 aromatic heterocycles. The summed E-state index contributed by atoms with van der Waals surface area (Å²) in [5, 5.41) is 4.35. The van der Waals surface area contributed by atoms with Crippen molar-refractivity contribution in [1.82, 2.24) is 15.0 Å². The SMILES string of the molecule is Cc1nc(Nc2ncc(C(=O)Cc3c(C)c[c-]cc3Cl)s2)cc(N2CCC(N)C2)n1.[W].[W]. The number of hydrogen-bond acceptors (Lipinski definition) is 8. The molecule has 1 unspecified atom stereocenters. The molecule has 11 heteroatoms. The van der Waals surface area contributed by atoms with E-state index in [1.54, 1.807) is 12.3 Å². The molecule has 0 radical (unpaired) electrons. The smallest absolute Gasteiger partial charge is 0.188 e. The van der Waals surface area contributed by atoms with Gasteiger partial charge in [-0.25, -0.2) is 15.0 Å². The van der Waals surface area contributed by atoms with Gasteiger partial charge in [0, 0.05) is 73.7 Å². The van der Waals surface area contributed by atoms with Crippen molar-refractivity contribution in [1.29, 1.82) is 0 Å². The zero-order valence-electron chi connectivity index (χ0n) is 17.6. The van der Waals surface area contributed by atoms with Crippen LogP contribution >= 0.6 is 22.9 Å². The van der Waals surface area contributed by atoms with Crippen molar-refractivity contribution in [3.8, 4) is 0 Å². The number of ketones is 1. The normalized spacial score (nSPS) is 15.1. The molecule has 3 heterocycles. The number of nitrogens with one attached hydrogen (secondary N) is 1. The largest absolute Gasteiger partial charge is 0.355 e. The van der Waals surface area contributed by atoms with Gasteiger partial charge in [0.1, 0.15) is 17.5 Å². The monoisotopic (exact) mass is 809 g/mol. The molecule has 1 atom stereocenters. The van der Waals surface area contributed by atoms with Crippen LogP contribution in [0.25, 0.3) is 0 Å². The summed E-state index contributed by atoms with van der Waals surface area (Å²) in [6.45, 7) is 5.44. The van der Waals surface area contributed by atoms with Crippen LogP contribution in [0, 0.1) is 19.9 Å². The summed E-state index contributed by atoms with van der Waals surface area (Å²) in [6, 6.07) is 8.53. The number of benzene rings is 1. The molecular formula is C21H22ClN6OSW2-. The van der Waals surface area contributed by atoms with E-state index < -0.39 is 0 Å². The van der Waals surface area contributed by atoms with Crippen LogP contribution in [0.3, 0.4) is 0 Å². The number of carbonyl (C=O) groups is 1. The Balaban J connectivity index is 0.00000181. The van der Waals surface area contributed by atoms with Crippen molar-refractivity contribution >= 4 is 45.5 Å². The molecule has 1 saturated heterocycles. The van der Waals surface area contributed by atoms with Gasteiger partial charge < -0.3 is 16.0 Å². The molecule has 0 aliphatic carbocycles. The molecule has 0 saturated carbocycles. The van der Waals surface area contributed by atoms with Crippen LogP contribution in [0.5, 0.6) is 0 Å². The fourth-order valence-corrected chi connectivity index (χ4v) is 4.46. The Morgan fingerprint density at radius 1 is 1.34 bits per heavy atom. The van der Waals surface area contributed by atoms with E-state index in [-0.39, 0.29) is 60.4 Å². The number of thiazole rings is 1. The van der Waals surface area contributed by atoms with E-state index in [2.05, 4.69) is 31.2 Å². The first kappa shape index (κ1) is 27.1. The predicted molar refractivity (Wildman–Crippen MR) is 120 cm³/mol. The molecule has 0 amide bonds. The fraction of sp³-hybridized carbons (Fsp3) is 0.333. The molecule has 168 valence electrons. The first-order valence-electron chi connectivity index (χ1n) is 9.66. The maximum absolute atomic E-state index is 12.7. The number of anilines is 3. The summed E-state index contributed by atoms with van der Waals surface area (Å²) in [7, 11) is 0. The Kier molecular flexibility index (Phi) is 9.99. The number of aryl methyl sites for hydroxylation is 2. The maximum Gasteiger partial charge on any atom is 0.188 e. The molecule has 32 heavy (non-hydrogen) atoms. The number of nitrogens with zero attached hydrogens (tertiary/aromatic N) is 4. The second-order valence-corrected chi connectivity index (χ2v) is 8.81. The van der Waals surface area contributed by atoms with Crippen LogP contribution in [0.4, 0.5) is 16.8 Å². The predicted octanol–water partition coefficient (Wildman–Crippen LogP) is 3.70. The van der Waals surface area contributed by atoms with Crippen molar-refractivity contribution in [3.05, 3.63) is 57.3 Å². The first-order chi connectivity index (χ1) is 14.4. The number of Topliss-reactive ketones (excluding diaryl/α,β-unsaturated/α-hetero) is 1. The minimum atomic E-state index is -0.0256. The Morgan fingerprint density at radius 3 is 2.81 bits per heavy atom. The maximum atomic E-state index is 12.7. The minimum Gasteiger partial charge on any atom is -0.355 e. The van der Waals surface area contributed by atoms with Gasteiger partial charge in [-0.15, -0.1) is 5.56 Å². The topological polar surface area (TPSA) is 97.0 Å². The van der Waals surface area contributed by atoms with Gasteiger partial charge in [0.2, 0.25) is 0 Å². The van der Waals surface area contributed by atoms with Crippen LogP contribution in [0.15, 0.2) is 24.4 Å². The zero-order valence-corrected chi connectivity index (χ0v) is 25.0. The van der Waals surface area contributed by atoms with Gasteiger partial charge in [-0.2, -0.15) is 35.4 Å². The molecule has 3 N–H and O–H groups in total. The van der Waals surface area contributed by atoms with E-state index >= 15 is 0 Å². The molecule has 4 rings (SSSR count). The Morgan fingerprint density at radius 2 is 2.12 bits per heavy atom. The van der Waals surface area contributed by atoms with Crippen molar-refractivity contribution in [3.63, 3.8) is 0 Å². The zero-order chi connectivity index (χ0) is 21.3. The first-order valence-corrected chi connectivity index (χ1v) is 10.9.